The fraction of sp³-hybridized carbons (Fsp3) is 0.316. The molecule has 26 heavy (non-hydrogen) atoms. The summed E-state index contributed by atoms with van der Waals surface area (Å²) in [6.07, 6.45) is 4.11. The fourth-order valence-electron chi connectivity index (χ4n) is 2.39. The number of amides is 2. The Labute approximate surface area is 163 Å². The van der Waals surface area contributed by atoms with Crippen molar-refractivity contribution in [2.45, 2.75) is 20.3 Å². The number of benzene rings is 1. The second-order valence-electron chi connectivity index (χ2n) is 6.54. The number of halogens is 2. The Balaban J connectivity index is 2.02. The average molecular weight is 394 g/mol. The van der Waals surface area contributed by atoms with E-state index in [1.807, 2.05) is 12.1 Å². The molecule has 5 nitrogen and oxygen atoms in total. The molecule has 1 aromatic heterocycles. The minimum absolute atomic E-state index is 0.269. The van der Waals surface area contributed by atoms with Crippen LogP contribution in [0.2, 0.25) is 10.0 Å². The van der Waals surface area contributed by atoms with Crippen LogP contribution in [0, 0.1) is 5.41 Å². The topological polar surface area (TPSA) is 62.3 Å². The quantitative estimate of drug-likeness (QED) is 0.752. The van der Waals surface area contributed by atoms with Gasteiger partial charge >= 0.3 is 0 Å². The van der Waals surface area contributed by atoms with E-state index >= 15 is 0 Å². The van der Waals surface area contributed by atoms with Crippen molar-refractivity contribution < 1.29 is 9.59 Å². The van der Waals surface area contributed by atoms with Gasteiger partial charge in [0.25, 0.3) is 0 Å². The number of nitrogens with one attached hydrogen (secondary N) is 1. The maximum Gasteiger partial charge on any atom is 0.239 e. The second-order valence-corrected chi connectivity index (χ2v) is 7.38. The predicted molar refractivity (Wildman–Crippen MR) is 104 cm³/mol. The van der Waals surface area contributed by atoms with E-state index in [-0.39, 0.29) is 5.91 Å². The molecule has 0 bridgehead atoms. The van der Waals surface area contributed by atoms with Crippen molar-refractivity contribution >= 4 is 40.7 Å². The van der Waals surface area contributed by atoms with Gasteiger partial charge in [0.15, 0.2) is 0 Å². The Kier molecular flexibility index (Phi) is 6.62. The van der Waals surface area contributed by atoms with Gasteiger partial charge in [-0.1, -0.05) is 23.2 Å². The van der Waals surface area contributed by atoms with Crippen LogP contribution < -0.4 is 5.32 Å². The van der Waals surface area contributed by atoms with Gasteiger partial charge in [-0.2, -0.15) is 0 Å². The van der Waals surface area contributed by atoms with Gasteiger partial charge in [0.2, 0.25) is 11.8 Å². The van der Waals surface area contributed by atoms with Crippen LogP contribution in [-0.2, 0) is 16.0 Å². The molecule has 0 saturated carbocycles. The first-order chi connectivity index (χ1) is 12.2. The molecule has 0 saturated heterocycles. The maximum atomic E-state index is 12.8. The SMILES string of the molecule is CN(CCc1ccncc1)C(=O)C(C)(C)C(=O)Nc1ccc(Cl)cc1Cl. The molecule has 7 heteroatoms. The molecule has 1 N–H and O–H groups in total. The number of hydrogen-bond acceptors (Lipinski definition) is 3. The van der Waals surface area contributed by atoms with Crippen molar-refractivity contribution in [1.82, 2.24) is 9.88 Å². The van der Waals surface area contributed by atoms with Crippen LogP contribution >= 0.6 is 23.2 Å². The van der Waals surface area contributed by atoms with Gasteiger partial charge < -0.3 is 10.2 Å². The molecule has 0 aliphatic rings. The summed E-state index contributed by atoms with van der Waals surface area (Å²) in [7, 11) is 1.69. The van der Waals surface area contributed by atoms with Crippen molar-refractivity contribution in [2.24, 2.45) is 5.41 Å². The van der Waals surface area contributed by atoms with Gasteiger partial charge in [0.05, 0.1) is 10.7 Å². The molecular weight excluding hydrogens is 373 g/mol. The number of carbonyl (C=O) groups excluding carboxylic acids is 2. The van der Waals surface area contributed by atoms with Gasteiger partial charge in [-0.05, 0) is 56.2 Å². The number of pyridine rings is 1. The number of nitrogens with zero attached hydrogens (tertiary/aromatic N) is 2. The van der Waals surface area contributed by atoms with Gasteiger partial charge in [-0.15, -0.1) is 0 Å². The predicted octanol–water partition coefficient (Wildman–Crippen LogP) is 4.05. The molecule has 1 heterocycles. The fourth-order valence-corrected chi connectivity index (χ4v) is 2.85. The lowest BCUT2D eigenvalue weighted by atomic mass is 9.90. The van der Waals surface area contributed by atoms with Crippen molar-refractivity contribution in [3.8, 4) is 0 Å². The zero-order valence-electron chi connectivity index (χ0n) is 14.9. The van der Waals surface area contributed by atoms with E-state index in [0.717, 1.165) is 5.56 Å². The van der Waals surface area contributed by atoms with E-state index in [4.69, 9.17) is 23.2 Å². The van der Waals surface area contributed by atoms with Crippen LogP contribution in [0.4, 0.5) is 5.69 Å². The van der Waals surface area contributed by atoms with E-state index in [9.17, 15) is 9.59 Å². The van der Waals surface area contributed by atoms with Crippen LogP contribution in [-0.4, -0.2) is 35.3 Å². The Bertz CT molecular complexity index is 795. The summed E-state index contributed by atoms with van der Waals surface area (Å²) >= 11 is 11.9. The third-order valence-electron chi connectivity index (χ3n) is 4.11. The highest BCUT2D eigenvalue weighted by molar-refractivity contribution is 6.36. The Morgan fingerprint density at radius 2 is 1.81 bits per heavy atom. The van der Waals surface area contributed by atoms with Crippen LogP contribution in [0.5, 0.6) is 0 Å². The van der Waals surface area contributed by atoms with Gasteiger partial charge in [0, 0.05) is 31.0 Å². The number of rotatable bonds is 6. The van der Waals surface area contributed by atoms with E-state index in [1.165, 1.54) is 6.07 Å². The lowest BCUT2D eigenvalue weighted by molar-refractivity contribution is -0.145. The van der Waals surface area contributed by atoms with Gasteiger partial charge in [-0.3, -0.25) is 14.6 Å². The summed E-state index contributed by atoms with van der Waals surface area (Å²) in [5, 5.41) is 3.49. The van der Waals surface area contributed by atoms with Crippen LogP contribution in [0.25, 0.3) is 0 Å². The normalized spacial score (nSPS) is 11.1. The molecule has 2 rings (SSSR count). The second kappa shape index (κ2) is 8.52. The molecule has 138 valence electrons. The van der Waals surface area contributed by atoms with E-state index in [0.29, 0.717) is 28.7 Å². The monoisotopic (exact) mass is 393 g/mol. The Hall–Kier alpha value is -2.11. The minimum atomic E-state index is -1.24. The molecule has 0 aliphatic carbocycles. The van der Waals surface area contributed by atoms with Crippen LogP contribution in [0.3, 0.4) is 0 Å². The van der Waals surface area contributed by atoms with E-state index < -0.39 is 11.3 Å². The molecule has 0 unspecified atom stereocenters. The van der Waals surface area contributed by atoms with Crippen LogP contribution in [0.15, 0.2) is 42.7 Å². The van der Waals surface area contributed by atoms with Crippen LogP contribution in [0.1, 0.15) is 19.4 Å². The summed E-state index contributed by atoms with van der Waals surface area (Å²) in [5.41, 5.74) is 0.256. The molecule has 1 aromatic carbocycles. The van der Waals surface area contributed by atoms with Crippen molar-refractivity contribution in [2.75, 3.05) is 18.9 Å². The van der Waals surface area contributed by atoms with Gasteiger partial charge in [-0.25, -0.2) is 0 Å². The molecule has 2 amide bonds. The smallest absolute Gasteiger partial charge is 0.239 e. The number of likely N-dealkylation sites (N-methyl/N-ethyl adjacent to an activating group) is 1. The highest BCUT2D eigenvalue weighted by atomic mass is 35.5. The molecule has 0 aliphatic heterocycles. The molecule has 0 spiro atoms. The maximum absolute atomic E-state index is 12.8. The minimum Gasteiger partial charge on any atom is -0.345 e. The molecule has 2 aromatic rings. The standard InChI is InChI=1S/C19H21Cl2N3O2/c1-19(2,17(25)23-16-5-4-14(20)12-15(16)21)18(26)24(3)11-8-13-6-9-22-10-7-13/h4-7,9-10,12H,8,11H2,1-3H3,(H,23,25). The first-order valence-corrected chi connectivity index (χ1v) is 8.88. The highest BCUT2D eigenvalue weighted by Gasteiger charge is 2.38. The summed E-state index contributed by atoms with van der Waals surface area (Å²) in [6.45, 7) is 3.69. The number of carbonyl (C=O) groups is 2. The highest BCUT2D eigenvalue weighted by Crippen LogP contribution is 2.28. The summed E-state index contributed by atoms with van der Waals surface area (Å²) in [5.74, 6) is -0.698. The first-order valence-electron chi connectivity index (χ1n) is 8.13. The molecular formula is C19H21Cl2N3O2. The Morgan fingerprint density at radius 1 is 1.15 bits per heavy atom. The third kappa shape index (κ3) is 4.96. The Morgan fingerprint density at radius 3 is 2.42 bits per heavy atom. The molecule has 0 atom stereocenters. The first kappa shape index (κ1) is 20.2. The summed E-state index contributed by atoms with van der Waals surface area (Å²) < 4.78 is 0. The largest absolute Gasteiger partial charge is 0.345 e. The summed E-state index contributed by atoms with van der Waals surface area (Å²) in [6, 6.07) is 8.57. The lowest BCUT2D eigenvalue weighted by Gasteiger charge is -2.28. The van der Waals surface area contributed by atoms with E-state index in [1.54, 1.807) is 50.3 Å². The van der Waals surface area contributed by atoms with Gasteiger partial charge in [0.1, 0.15) is 5.41 Å². The number of aromatic nitrogens is 1. The lowest BCUT2D eigenvalue weighted by Crippen LogP contribution is -2.46. The zero-order valence-corrected chi connectivity index (χ0v) is 16.4. The number of anilines is 1. The molecule has 0 radical (unpaired) electrons. The average Bonchev–Trinajstić information content (AvgIpc) is 2.62. The number of hydrogen-bond donors (Lipinski definition) is 1. The third-order valence-corrected chi connectivity index (χ3v) is 4.66. The van der Waals surface area contributed by atoms with E-state index in [2.05, 4.69) is 10.3 Å². The van der Waals surface area contributed by atoms with Crippen molar-refractivity contribution in [1.29, 1.82) is 0 Å². The molecule has 0 fully saturated rings. The summed E-state index contributed by atoms with van der Waals surface area (Å²) in [4.78, 5) is 30.9. The van der Waals surface area contributed by atoms with Crippen molar-refractivity contribution in [3.63, 3.8) is 0 Å². The van der Waals surface area contributed by atoms with Crippen molar-refractivity contribution in [3.05, 3.63) is 58.3 Å². The zero-order chi connectivity index (χ0) is 19.3.